The second kappa shape index (κ2) is 8.08. The van der Waals surface area contributed by atoms with Crippen molar-refractivity contribution in [1.29, 1.82) is 0 Å². The van der Waals surface area contributed by atoms with Gasteiger partial charge < -0.3 is 9.64 Å². The number of esters is 1. The predicted molar refractivity (Wildman–Crippen MR) is 91.1 cm³/mol. The summed E-state index contributed by atoms with van der Waals surface area (Å²) in [6, 6.07) is 5.77. The second-order valence-electron chi connectivity index (χ2n) is 6.99. The van der Waals surface area contributed by atoms with E-state index in [1.165, 1.54) is 51.6 Å². The third kappa shape index (κ3) is 4.14. The van der Waals surface area contributed by atoms with Gasteiger partial charge in [0.1, 0.15) is 11.9 Å². The number of ether oxygens (including phenoxy) is 1. The number of carbonyl (C=O) groups is 1. The molecule has 2 aliphatic heterocycles. The number of likely N-dealkylation sites (tertiary alicyclic amines) is 2. The Labute approximate surface area is 143 Å². The first-order chi connectivity index (χ1) is 11.7. The molecule has 0 saturated carbocycles. The largest absolute Gasteiger partial charge is 0.468 e. The minimum absolute atomic E-state index is 0.264. The molecule has 4 nitrogen and oxygen atoms in total. The van der Waals surface area contributed by atoms with Crippen molar-refractivity contribution in [3.05, 3.63) is 35.6 Å². The van der Waals surface area contributed by atoms with Gasteiger partial charge in [-0.1, -0.05) is 18.6 Å². The van der Waals surface area contributed by atoms with E-state index in [2.05, 4.69) is 9.80 Å². The summed E-state index contributed by atoms with van der Waals surface area (Å²) in [6.45, 7) is 5.31. The summed E-state index contributed by atoms with van der Waals surface area (Å²) in [5.74, 6) is 0.0442. The van der Waals surface area contributed by atoms with E-state index in [-0.39, 0.29) is 11.8 Å². The Morgan fingerprint density at radius 3 is 2.58 bits per heavy atom. The summed E-state index contributed by atoms with van der Waals surface area (Å²) in [4.78, 5) is 17.1. The number of halogens is 1. The van der Waals surface area contributed by atoms with Gasteiger partial charge >= 0.3 is 5.97 Å². The SMILES string of the molecule is COC(=O)C(c1ccc(F)cc1)N1CCC(CN2CCCCC2)C1. The van der Waals surface area contributed by atoms with E-state index in [4.69, 9.17) is 4.74 Å². The van der Waals surface area contributed by atoms with Crippen LogP contribution in [0, 0.1) is 11.7 Å². The highest BCUT2D eigenvalue weighted by atomic mass is 19.1. The van der Waals surface area contributed by atoms with Gasteiger partial charge in [0.05, 0.1) is 7.11 Å². The van der Waals surface area contributed by atoms with Crippen LogP contribution in [-0.4, -0.2) is 55.6 Å². The third-order valence-corrected chi connectivity index (χ3v) is 5.26. The monoisotopic (exact) mass is 334 g/mol. The van der Waals surface area contributed by atoms with Gasteiger partial charge in [0, 0.05) is 13.1 Å². The standard InChI is InChI=1S/C19H27FN2O2/c1-24-19(23)18(16-5-7-17(20)8-6-16)22-12-9-15(14-22)13-21-10-3-2-4-11-21/h5-8,15,18H,2-4,9-14H2,1H3. The molecule has 0 radical (unpaired) electrons. The molecule has 0 bridgehead atoms. The van der Waals surface area contributed by atoms with Crippen molar-refractivity contribution in [3.8, 4) is 0 Å². The van der Waals surface area contributed by atoms with Crippen LogP contribution < -0.4 is 0 Å². The van der Waals surface area contributed by atoms with Gasteiger partial charge in [0.15, 0.2) is 0 Å². The number of nitrogens with zero attached hydrogens (tertiary/aromatic N) is 2. The molecule has 5 heteroatoms. The lowest BCUT2D eigenvalue weighted by Crippen LogP contribution is -2.37. The van der Waals surface area contributed by atoms with Gasteiger partial charge in [-0.25, -0.2) is 9.18 Å². The molecule has 0 spiro atoms. The molecule has 2 unspecified atom stereocenters. The van der Waals surface area contributed by atoms with Gasteiger partial charge in [-0.05, 0) is 62.5 Å². The van der Waals surface area contributed by atoms with E-state index in [1.54, 1.807) is 12.1 Å². The van der Waals surface area contributed by atoms with Crippen LogP contribution in [0.1, 0.15) is 37.3 Å². The molecule has 2 fully saturated rings. The van der Waals surface area contributed by atoms with Crippen LogP contribution in [0.15, 0.2) is 24.3 Å². The number of benzene rings is 1. The number of piperidine rings is 1. The predicted octanol–water partition coefficient (Wildman–Crippen LogP) is 2.85. The second-order valence-corrected chi connectivity index (χ2v) is 6.99. The van der Waals surface area contributed by atoms with E-state index >= 15 is 0 Å². The Morgan fingerprint density at radius 1 is 1.21 bits per heavy atom. The maximum absolute atomic E-state index is 13.2. The number of carbonyl (C=O) groups excluding carboxylic acids is 1. The Kier molecular flexibility index (Phi) is 5.85. The Hall–Kier alpha value is -1.46. The molecule has 2 heterocycles. The lowest BCUT2D eigenvalue weighted by Gasteiger charge is -2.30. The van der Waals surface area contributed by atoms with Crippen LogP contribution >= 0.6 is 0 Å². The summed E-state index contributed by atoms with van der Waals surface area (Å²) in [7, 11) is 1.42. The van der Waals surface area contributed by atoms with Crippen LogP contribution in [0.2, 0.25) is 0 Å². The van der Waals surface area contributed by atoms with Crippen LogP contribution in [-0.2, 0) is 9.53 Å². The molecule has 0 aromatic heterocycles. The molecule has 24 heavy (non-hydrogen) atoms. The van der Waals surface area contributed by atoms with E-state index in [1.807, 2.05) is 0 Å². The molecular formula is C19H27FN2O2. The van der Waals surface area contributed by atoms with Crippen molar-refractivity contribution < 1.29 is 13.9 Å². The molecule has 2 aliphatic rings. The quantitative estimate of drug-likeness (QED) is 0.775. The Morgan fingerprint density at radius 2 is 1.92 bits per heavy atom. The summed E-state index contributed by atoms with van der Waals surface area (Å²) in [6.07, 6.45) is 5.06. The molecule has 2 saturated heterocycles. The van der Waals surface area contributed by atoms with Gasteiger partial charge in [0.25, 0.3) is 0 Å². The van der Waals surface area contributed by atoms with Crippen molar-refractivity contribution in [3.63, 3.8) is 0 Å². The van der Waals surface area contributed by atoms with Crippen LogP contribution in [0.5, 0.6) is 0 Å². The zero-order valence-corrected chi connectivity index (χ0v) is 14.4. The molecule has 0 amide bonds. The fraction of sp³-hybridized carbons (Fsp3) is 0.632. The van der Waals surface area contributed by atoms with E-state index in [0.717, 1.165) is 31.6 Å². The highest BCUT2D eigenvalue weighted by Crippen LogP contribution is 2.29. The maximum atomic E-state index is 13.2. The van der Waals surface area contributed by atoms with Gasteiger partial charge in [0.2, 0.25) is 0 Å². The smallest absolute Gasteiger partial charge is 0.327 e. The summed E-state index contributed by atoms with van der Waals surface area (Å²) in [5, 5.41) is 0. The molecule has 1 aromatic carbocycles. The minimum Gasteiger partial charge on any atom is -0.468 e. The minimum atomic E-state index is -0.429. The number of methoxy groups -OCH3 is 1. The summed E-state index contributed by atoms with van der Waals surface area (Å²) in [5.41, 5.74) is 0.807. The van der Waals surface area contributed by atoms with Crippen LogP contribution in [0.25, 0.3) is 0 Å². The highest BCUT2D eigenvalue weighted by molar-refractivity contribution is 5.77. The Balaban J connectivity index is 1.65. The zero-order valence-electron chi connectivity index (χ0n) is 14.4. The van der Waals surface area contributed by atoms with Crippen molar-refractivity contribution in [2.45, 2.75) is 31.7 Å². The maximum Gasteiger partial charge on any atom is 0.327 e. The van der Waals surface area contributed by atoms with Crippen LogP contribution in [0.3, 0.4) is 0 Å². The topological polar surface area (TPSA) is 32.8 Å². The van der Waals surface area contributed by atoms with Gasteiger partial charge in [-0.15, -0.1) is 0 Å². The zero-order chi connectivity index (χ0) is 16.9. The molecule has 0 aliphatic carbocycles. The van der Waals surface area contributed by atoms with Gasteiger partial charge in [-0.2, -0.15) is 0 Å². The van der Waals surface area contributed by atoms with Crippen LogP contribution in [0.4, 0.5) is 4.39 Å². The number of hydrogen-bond acceptors (Lipinski definition) is 4. The molecule has 3 rings (SSSR count). The van der Waals surface area contributed by atoms with E-state index in [9.17, 15) is 9.18 Å². The van der Waals surface area contributed by atoms with Crippen molar-refractivity contribution in [2.75, 3.05) is 39.8 Å². The molecule has 1 aromatic rings. The molecule has 132 valence electrons. The number of rotatable bonds is 5. The lowest BCUT2D eigenvalue weighted by molar-refractivity contribution is -0.147. The van der Waals surface area contributed by atoms with Gasteiger partial charge in [-0.3, -0.25) is 4.90 Å². The molecular weight excluding hydrogens is 307 g/mol. The van der Waals surface area contributed by atoms with Crippen molar-refractivity contribution >= 4 is 5.97 Å². The molecule has 2 atom stereocenters. The third-order valence-electron chi connectivity index (χ3n) is 5.26. The average molecular weight is 334 g/mol. The first kappa shape index (κ1) is 17.4. The summed E-state index contributed by atoms with van der Waals surface area (Å²) >= 11 is 0. The first-order valence-electron chi connectivity index (χ1n) is 8.97. The lowest BCUT2D eigenvalue weighted by atomic mass is 10.0. The van der Waals surface area contributed by atoms with E-state index < -0.39 is 6.04 Å². The van der Waals surface area contributed by atoms with E-state index in [0.29, 0.717) is 5.92 Å². The molecule has 0 N–H and O–H groups in total. The average Bonchev–Trinajstić information content (AvgIpc) is 3.05. The fourth-order valence-electron chi connectivity index (χ4n) is 4.01. The van der Waals surface area contributed by atoms with Crippen molar-refractivity contribution in [2.24, 2.45) is 5.92 Å². The Bertz CT molecular complexity index is 543. The van der Waals surface area contributed by atoms with Crippen molar-refractivity contribution in [1.82, 2.24) is 9.80 Å². The number of hydrogen-bond donors (Lipinski definition) is 0. The normalized spacial score (nSPS) is 24.0. The highest BCUT2D eigenvalue weighted by Gasteiger charge is 2.34. The fourth-order valence-corrected chi connectivity index (χ4v) is 4.01. The summed E-state index contributed by atoms with van der Waals surface area (Å²) < 4.78 is 18.2. The first-order valence-corrected chi connectivity index (χ1v) is 8.97.